The summed E-state index contributed by atoms with van der Waals surface area (Å²) in [6.07, 6.45) is 0. The number of hydrazine groups is 1. The fraction of sp³-hybridized carbons (Fsp3) is 0.308. The van der Waals surface area contributed by atoms with Gasteiger partial charge in [0.05, 0.1) is 25.8 Å². The number of halogens is 1. The van der Waals surface area contributed by atoms with E-state index in [1.807, 2.05) is 31.2 Å². The van der Waals surface area contributed by atoms with Crippen LogP contribution in [-0.4, -0.2) is 20.3 Å². The summed E-state index contributed by atoms with van der Waals surface area (Å²) in [5.74, 6) is 1.80. The average Bonchev–Trinajstić information content (AvgIpc) is 3.23. The highest BCUT2D eigenvalue weighted by atomic mass is 19.1. The molecule has 0 radical (unpaired) electrons. The van der Waals surface area contributed by atoms with Crippen molar-refractivity contribution in [3.63, 3.8) is 0 Å². The lowest BCUT2D eigenvalue weighted by Gasteiger charge is -2.39. The summed E-state index contributed by atoms with van der Waals surface area (Å²) in [4.78, 5) is 2.35. The fourth-order valence-corrected chi connectivity index (χ4v) is 4.93. The van der Waals surface area contributed by atoms with Crippen molar-refractivity contribution in [3.8, 4) is 11.5 Å². The van der Waals surface area contributed by atoms with Crippen LogP contribution in [0.25, 0.3) is 0 Å². The molecule has 0 bridgehead atoms. The molecular weight excluding hydrogens is 405 g/mol. The van der Waals surface area contributed by atoms with Crippen molar-refractivity contribution in [1.82, 2.24) is 10.9 Å². The largest absolute Gasteiger partial charge is 0.497 e. The van der Waals surface area contributed by atoms with Crippen LogP contribution in [0.2, 0.25) is 0 Å². The topological polar surface area (TPSA) is 45.8 Å². The van der Waals surface area contributed by atoms with E-state index >= 15 is 0 Å². The van der Waals surface area contributed by atoms with Crippen LogP contribution in [0.1, 0.15) is 35.7 Å². The molecule has 2 N–H and O–H groups in total. The molecule has 5 nitrogen and oxygen atoms in total. The predicted octanol–water partition coefficient (Wildman–Crippen LogP) is 4.76. The molecule has 2 aliphatic heterocycles. The van der Waals surface area contributed by atoms with Crippen molar-refractivity contribution in [2.45, 2.75) is 25.6 Å². The quantitative estimate of drug-likeness (QED) is 0.587. The van der Waals surface area contributed by atoms with Crippen LogP contribution in [-0.2, 0) is 6.54 Å². The van der Waals surface area contributed by atoms with Gasteiger partial charge in [0.25, 0.3) is 0 Å². The van der Waals surface area contributed by atoms with Gasteiger partial charge in [-0.15, -0.1) is 0 Å². The number of hydrogen-bond acceptors (Lipinski definition) is 5. The molecule has 3 unspecified atom stereocenters. The fourth-order valence-electron chi connectivity index (χ4n) is 4.93. The van der Waals surface area contributed by atoms with Gasteiger partial charge in [0.1, 0.15) is 17.3 Å². The third-order valence-corrected chi connectivity index (χ3v) is 6.40. The Morgan fingerprint density at radius 2 is 1.75 bits per heavy atom. The molecule has 3 atom stereocenters. The van der Waals surface area contributed by atoms with Gasteiger partial charge >= 0.3 is 0 Å². The molecular formula is C26H28FN3O2. The second-order valence-corrected chi connectivity index (χ2v) is 8.35. The molecule has 0 aromatic heterocycles. The van der Waals surface area contributed by atoms with Crippen molar-refractivity contribution in [2.24, 2.45) is 5.92 Å². The van der Waals surface area contributed by atoms with Gasteiger partial charge in [0.15, 0.2) is 0 Å². The van der Waals surface area contributed by atoms with E-state index in [0.29, 0.717) is 19.1 Å². The molecule has 166 valence electrons. The van der Waals surface area contributed by atoms with E-state index in [0.717, 1.165) is 29.3 Å². The van der Waals surface area contributed by atoms with E-state index in [9.17, 15) is 4.39 Å². The third-order valence-electron chi connectivity index (χ3n) is 6.40. The molecule has 1 fully saturated rings. The van der Waals surface area contributed by atoms with Crippen LogP contribution in [0, 0.1) is 11.7 Å². The first-order valence-electron chi connectivity index (χ1n) is 11.1. The first kappa shape index (κ1) is 20.8. The molecule has 0 saturated carbocycles. The Morgan fingerprint density at radius 3 is 2.50 bits per heavy atom. The second kappa shape index (κ2) is 8.81. The molecule has 0 amide bonds. The van der Waals surface area contributed by atoms with E-state index in [4.69, 9.17) is 9.47 Å². The number of benzene rings is 3. The minimum absolute atomic E-state index is 0.143. The summed E-state index contributed by atoms with van der Waals surface area (Å²) < 4.78 is 25.0. The molecule has 2 heterocycles. The lowest BCUT2D eigenvalue weighted by Crippen LogP contribution is -2.39. The van der Waals surface area contributed by atoms with E-state index in [2.05, 4.69) is 40.0 Å². The minimum Gasteiger partial charge on any atom is -0.497 e. The Hall–Kier alpha value is -3.09. The van der Waals surface area contributed by atoms with Gasteiger partial charge in [-0.3, -0.25) is 0 Å². The molecule has 2 aliphatic rings. The van der Waals surface area contributed by atoms with Gasteiger partial charge in [-0.2, -0.15) is 0 Å². The lowest BCUT2D eigenvalue weighted by molar-refractivity contribution is 0.337. The molecule has 6 heteroatoms. The zero-order chi connectivity index (χ0) is 22.1. The lowest BCUT2D eigenvalue weighted by atomic mass is 9.82. The Balaban J connectivity index is 1.50. The maximum atomic E-state index is 13.8. The predicted molar refractivity (Wildman–Crippen MR) is 123 cm³/mol. The number of nitrogens with one attached hydrogen (secondary N) is 2. The van der Waals surface area contributed by atoms with Gasteiger partial charge < -0.3 is 14.4 Å². The van der Waals surface area contributed by atoms with Crippen LogP contribution >= 0.6 is 0 Å². The average molecular weight is 434 g/mol. The molecule has 32 heavy (non-hydrogen) atoms. The Morgan fingerprint density at radius 1 is 0.969 bits per heavy atom. The Kier molecular flexibility index (Phi) is 5.72. The highest BCUT2D eigenvalue weighted by Gasteiger charge is 2.43. The maximum absolute atomic E-state index is 13.8. The van der Waals surface area contributed by atoms with Crippen LogP contribution < -0.4 is 25.2 Å². The molecule has 5 rings (SSSR count). The van der Waals surface area contributed by atoms with E-state index in [-0.39, 0.29) is 17.9 Å². The van der Waals surface area contributed by atoms with Crippen molar-refractivity contribution < 1.29 is 13.9 Å². The number of fused-ring (bicyclic) bond motifs is 3. The zero-order valence-corrected chi connectivity index (χ0v) is 18.3. The van der Waals surface area contributed by atoms with Crippen LogP contribution in [0.3, 0.4) is 0 Å². The van der Waals surface area contributed by atoms with Crippen LogP contribution in [0.4, 0.5) is 10.1 Å². The van der Waals surface area contributed by atoms with Crippen molar-refractivity contribution in [2.75, 3.05) is 25.2 Å². The molecule has 0 aliphatic carbocycles. The van der Waals surface area contributed by atoms with Gasteiger partial charge in [0.2, 0.25) is 0 Å². The number of methoxy groups -OCH3 is 1. The van der Waals surface area contributed by atoms with Gasteiger partial charge in [0, 0.05) is 24.7 Å². The molecule has 3 aromatic carbocycles. The zero-order valence-electron chi connectivity index (χ0n) is 18.3. The summed E-state index contributed by atoms with van der Waals surface area (Å²) in [7, 11) is 1.68. The summed E-state index contributed by atoms with van der Waals surface area (Å²) in [6, 6.07) is 21.7. The number of ether oxygens (including phenoxy) is 2. The summed E-state index contributed by atoms with van der Waals surface area (Å²) >= 11 is 0. The van der Waals surface area contributed by atoms with E-state index < -0.39 is 0 Å². The number of rotatable bonds is 6. The summed E-state index contributed by atoms with van der Waals surface area (Å²) in [5, 5.41) is 0. The van der Waals surface area contributed by atoms with Crippen molar-refractivity contribution >= 4 is 5.69 Å². The SMILES string of the molecule is CCOc1ccc2c(c1)C1NNC(c3ccc(OC)cc3)C1CN2Cc1cccc(F)c1. The number of hydrogen-bond donors (Lipinski definition) is 2. The molecule has 1 saturated heterocycles. The van der Waals surface area contributed by atoms with Crippen LogP contribution in [0.5, 0.6) is 11.5 Å². The summed E-state index contributed by atoms with van der Waals surface area (Å²) in [5.41, 5.74) is 11.6. The third kappa shape index (κ3) is 3.92. The number of anilines is 1. The molecule has 3 aromatic rings. The normalized spacial score (nSPS) is 21.7. The van der Waals surface area contributed by atoms with Crippen molar-refractivity contribution in [1.29, 1.82) is 0 Å². The highest BCUT2D eigenvalue weighted by molar-refractivity contribution is 5.61. The van der Waals surface area contributed by atoms with Gasteiger partial charge in [-0.25, -0.2) is 15.2 Å². The Labute approximate surface area is 188 Å². The van der Waals surface area contributed by atoms with E-state index in [1.54, 1.807) is 19.2 Å². The minimum atomic E-state index is -0.204. The molecule has 0 spiro atoms. The highest BCUT2D eigenvalue weighted by Crippen LogP contribution is 2.46. The monoisotopic (exact) mass is 433 g/mol. The first-order chi connectivity index (χ1) is 15.7. The smallest absolute Gasteiger partial charge is 0.123 e. The maximum Gasteiger partial charge on any atom is 0.123 e. The van der Waals surface area contributed by atoms with Crippen molar-refractivity contribution in [3.05, 3.63) is 89.2 Å². The second-order valence-electron chi connectivity index (χ2n) is 8.35. The number of nitrogens with zero attached hydrogens (tertiary/aromatic N) is 1. The first-order valence-corrected chi connectivity index (χ1v) is 11.1. The van der Waals surface area contributed by atoms with Gasteiger partial charge in [-0.1, -0.05) is 24.3 Å². The standard InChI is InChI=1S/C26H28FN3O2/c1-3-32-21-11-12-24-22(14-21)26-23(16-30(24)15-17-5-4-6-19(27)13-17)25(28-29-26)18-7-9-20(31-2)10-8-18/h4-14,23,25-26,28-29H,3,15-16H2,1-2H3. The summed E-state index contributed by atoms with van der Waals surface area (Å²) in [6.45, 7) is 4.11. The Bertz CT molecular complexity index is 1090. The van der Waals surface area contributed by atoms with Crippen LogP contribution in [0.15, 0.2) is 66.7 Å². The van der Waals surface area contributed by atoms with Gasteiger partial charge in [-0.05, 0) is 66.1 Å². The van der Waals surface area contributed by atoms with E-state index in [1.165, 1.54) is 17.2 Å².